The van der Waals surface area contributed by atoms with E-state index in [1.54, 1.807) is 0 Å². The van der Waals surface area contributed by atoms with E-state index in [9.17, 15) is 0 Å². The second-order valence-electron chi connectivity index (χ2n) is 4.42. The van der Waals surface area contributed by atoms with E-state index in [0.717, 1.165) is 30.3 Å². The summed E-state index contributed by atoms with van der Waals surface area (Å²) in [6.45, 7) is 6.52. The van der Waals surface area contributed by atoms with Gasteiger partial charge in [0.25, 0.3) is 0 Å². The summed E-state index contributed by atoms with van der Waals surface area (Å²) in [5.74, 6) is 0.746. The van der Waals surface area contributed by atoms with Gasteiger partial charge in [0.1, 0.15) is 6.07 Å². The highest BCUT2D eigenvalue weighted by Gasteiger charge is 2.22. The summed E-state index contributed by atoms with van der Waals surface area (Å²) in [6, 6.07) is 8.23. The molecule has 1 saturated heterocycles. The van der Waals surface area contributed by atoms with Crippen LogP contribution >= 0.6 is 0 Å². The second-order valence-corrected chi connectivity index (χ2v) is 4.42. The topological polar surface area (TPSA) is 27.0 Å². The largest absolute Gasteiger partial charge is 0.370 e. The standard InChI is InChI=1S/C13H16N2/c1-10-6-7-15(9-10)13-11(2)4-3-5-12(13)8-14/h3-5,10H,6-7,9H2,1-2H3. The average molecular weight is 200 g/mol. The van der Waals surface area contributed by atoms with E-state index < -0.39 is 0 Å². The molecule has 0 amide bonds. The molecule has 2 nitrogen and oxygen atoms in total. The molecule has 78 valence electrons. The van der Waals surface area contributed by atoms with E-state index >= 15 is 0 Å². The van der Waals surface area contributed by atoms with Gasteiger partial charge in [0.2, 0.25) is 0 Å². The Morgan fingerprint density at radius 3 is 2.87 bits per heavy atom. The van der Waals surface area contributed by atoms with Crippen LogP contribution in [0.3, 0.4) is 0 Å². The first-order valence-corrected chi connectivity index (χ1v) is 5.47. The molecule has 0 aliphatic carbocycles. The van der Waals surface area contributed by atoms with Gasteiger partial charge in [0.05, 0.1) is 11.3 Å². The minimum Gasteiger partial charge on any atom is -0.370 e. The van der Waals surface area contributed by atoms with Crippen LogP contribution in [-0.4, -0.2) is 13.1 Å². The first kappa shape index (κ1) is 10.0. The predicted octanol–water partition coefficient (Wildman–Crippen LogP) is 2.71. The van der Waals surface area contributed by atoms with E-state index in [0.29, 0.717) is 0 Å². The maximum atomic E-state index is 9.09. The van der Waals surface area contributed by atoms with Crippen LogP contribution in [0.2, 0.25) is 0 Å². The van der Waals surface area contributed by atoms with Crippen molar-refractivity contribution >= 4 is 5.69 Å². The average Bonchev–Trinajstić information content (AvgIpc) is 2.64. The van der Waals surface area contributed by atoms with Crippen LogP contribution in [0.25, 0.3) is 0 Å². The predicted molar refractivity (Wildman–Crippen MR) is 61.9 cm³/mol. The molecule has 1 heterocycles. The van der Waals surface area contributed by atoms with Crippen LogP contribution in [0.1, 0.15) is 24.5 Å². The Labute approximate surface area is 91.1 Å². The van der Waals surface area contributed by atoms with Gasteiger partial charge in [-0.25, -0.2) is 0 Å². The van der Waals surface area contributed by atoms with Crippen LogP contribution in [0.5, 0.6) is 0 Å². The van der Waals surface area contributed by atoms with Crippen molar-refractivity contribution in [2.75, 3.05) is 18.0 Å². The molecule has 1 unspecified atom stereocenters. The zero-order valence-electron chi connectivity index (χ0n) is 9.33. The van der Waals surface area contributed by atoms with Gasteiger partial charge in [-0.1, -0.05) is 19.1 Å². The highest BCUT2D eigenvalue weighted by atomic mass is 15.2. The van der Waals surface area contributed by atoms with E-state index in [2.05, 4.69) is 30.9 Å². The molecular formula is C13H16N2. The second kappa shape index (κ2) is 3.94. The maximum absolute atomic E-state index is 9.09. The Bertz CT molecular complexity index is 403. The van der Waals surface area contributed by atoms with Crippen molar-refractivity contribution in [3.05, 3.63) is 29.3 Å². The molecule has 1 fully saturated rings. The third-order valence-electron chi connectivity index (χ3n) is 3.10. The van der Waals surface area contributed by atoms with E-state index in [1.165, 1.54) is 12.0 Å². The monoisotopic (exact) mass is 200 g/mol. The number of para-hydroxylation sites is 1. The van der Waals surface area contributed by atoms with Gasteiger partial charge < -0.3 is 4.90 Å². The summed E-state index contributed by atoms with van der Waals surface area (Å²) < 4.78 is 0. The molecule has 1 aromatic carbocycles. The van der Waals surface area contributed by atoms with Gasteiger partial charge in [-0.15, -0.1) is 0 Å². The third kappa shape index (κ3) is 1.83. The molecule has 2 rings (SSSR count). The van der Waals surface area contributed by atoms with E-state index in [1.807, 2.05) is 12.1 Å². The van der Waals surface area contributed by atoms with Gasteiger partial charge in [0.15, 0.2) is 0 Å². The van der Waals surface area contributed by atoms with Gasteiger partial charge in [-0.3, -0.25) is 0 Å². The molecule has 2 heteroatoms. The minimum atomic E-state index is 0.746. The van der Waals surface area contributed by atoms with Gasteiger partial charge in [-0.2, -0.15) is 5.26 Å². The molecule has 1 aromatic rings. The van der Waals surface area contributed by atoms with Crippen LogP contribution in [0.4, 0.5) is 5.69 Å². The van der Waals surface area contributed by atoms with Crippen molar-refractivity contribution in [1.29, 1.82) is 5.26 Å². The smallest absolute Gasteiger partial charge is 0.101 e. The molecule has 0 aromatic heterocycles. The number of benzene rings is 1. The fourth-order valence-electron chi connectivity index (χ4n) is 2.31. The summed E-state index contributed by atoms with van der Waals surface area (Å²) in [7, 11) is 0. The van der Waals surface area contributed by atoms with Crippen LogP contribution in [-0.2, 0) is 0 Å². The summed E-state index contributed by atoms with van der Waals surface area (Å²) in [5.41, 5.74) is 3.16. The number of nitrogens with zero attached hydrogens (tertiary/aromatic N) is 2. The molecule has 1 aliphatic heterocycles. The normalized spacial score (nSPS) is 20.3. The number of rotatable bonds is 1. The van der Waals surface area contributed by atoms with Crippen LogP contribution in [0, 0.1) is 24.2 Å². The maximum Gasteiger partial charge on any atom is 0.101 e. The van der Waals surface area contributed by atoms with E-state index in [-0.39, 0.29) is 0 Å². The Morgan fingerprint density at radius 1 is 1.47 bits per heavy atom. The number of hydrogen-bond donors (Lipinski definition) is 0. The van der Waals surface area contributed by atoms with E-state index in [4.69, 9.17) is 5.26 Å². The Morgan fingerprint density at radius 2 is 2.27 bits per heavy atom. The summed E-state index contributed by atoms with van der Waals surface area (Å²) in [5, 5.41) is 9.09. The molecule has 0 radical (unpaired) electrons. The Balaban J connectivity index is 2.39. The molecule has 0 spiro atoms. The molecule has 0 saturated carbocycles. The van der Waals surface area contributed by atoms with Crippen molar-refractivity contribution in [1.82, 2.24) is 0 Å². The third-order valence-corrected chi connectivity index (χ3v) is 3.10. The number of hydrogen-bond acceptors (Lipinski definition) is 2. The summed E-state index contributed by atoms with van der Waals surface area (Å²) in [4.78, 5) is 2.35. The minimum absolute atomic E-state index is 0.746. The highest BCUT2D eigenvalue weighted by molar-refractivity contribution is 5.64. The molecule has 1 atom stereocenters. The van der Waals surface area contributed by atoms with Crippen molar-refractivity contribution < 1.29 is 0 Å². The molecule has 1 aliphatic rings. The number of nitriles is 1. The van der Waals surface area contributed by atoms with Crippen molar-refractivity contribution in [2.24, 2.45) is 5.92 Å². The van der Waals surface area contributed by atoms with Crippen molar-refractivity contribution in [3.63, 3.8) is 0 Å². The molecule has 15 heavy (non-hydrogen) atoms. The number of anilines is 1. The molecule has 0 bridgehead atoms. The van der Waals surface area contributed by atoms with Crippen molar-refractivity contribution in [3.8, 4) is 6.07 Å². The van der Waals surface area contributed by atoms with Crippen LogP contribution < -0.4 is 4.90 Å². The quantitative estimate of drug-likeness (QED) is 0.697. The zero-order chi connectivity index (χ0) is 10.8. The Hall–Kier alpha value is -1.49. The lowest BCUT2D eigenvalue weighted by Crippen LogP contribution is -2.21. The molecule has 0 N–H and O–H groups in total. The fraction of sp³-hybridized carbons (Fsp3) is 0.462. The lowest BCUT2D eigenvalue weighted by atomic mass is 10.1. The van der Waals surface area contributed by atoms with Gasteiger partial charge >= 0.3 is 0 Å². The first-order chi connectivity index (χ1) is 7.22. The lowest BCUT2D eigenvalue weighted by Gasteiger charge is -2.21. The Kier molecular flexibility index (Phi) is 2.64. The lowest BCUT2D eigenvalue weighted by molar-refractivity contribution is 0.659. The zero-order valence-corrected chi connectivity index (χ0v) is 9.33. The molecular weight excluding hydrogens is 184 g/mol. The SMILES string of the molecule is Cc1cccc(C#N)c1N1CCC(C)C1. The first-order valence-electron chi connectivity index (χ1n) is 5.47. The summed E-state index contributed by atoms with van der Waals surface area (Å²) in [6.07, 6.45) is 1.24. The van der Waals surface area contributed by atoms with Gasteiger partial charge in [-0.05, 0) is 30.9 Å². The number of aryl methyl sites for hydroxylation is 1. The van der Waals surface area contributed by atoms with Crippen LogP contribution in [0.15, 0.2) is 18.2 Å². The van der Waals surface area contributed by atoms with Gasteiger partial charge in [0, 0.05) is 13.1 Å². The summed E-state index contributed by atoms with van der Waals surface area (Å²) >= 11 is 0. The highest BCUT2D eigenvalue weighted by Crippen LogP contribution is 2.29. The van der Waals surface area contributed by atoms with Crippen molar-refractivity contribution in [2.45, 2.75) is 20.3 Å². The fourth-order valence-corrected chi connectivity index (χ4v) is 2.31.